The van der Waals surface area contributed by atoms with Crippen LogP contribution in [-0.2, 0) is 4.79 Å². The predicted octanol–water partition coefficient (Wildman–Crippen LogP) is 0.212. The minimum absolute atomic E-state index is 0.0820. The van der Waals surface area contributed by atoms with E-state index in [2.05, 4.69) is 5.32 Å². The lowest BCUT2D eigenvalue weighted by molar-refractivity contribution is -0.146. The molecule has 2 unspecified atom stereocenters. The van der Waals surface area contributed by atoms with Gasteiger partial charge in [0.2, 0.25) is 0 Å². The topological polar surface area (TPSA) is 69.6 Å². The van der Waals surface area contributed by atoms with Crippen LogP contribution in [-0.4, -0.2) is 35.4 Å². The Kier molecular flexibility index (Phi) is 2.49. The van der Waals surface area contributed by atoms with E-state index >= 15 is 0 Å². The first-order valence-electron chi connectivity index (χ1n) is 5.24. The molecule has 0 aromatic carbocycles. The van der Waals surface area contributed by atoms with Gasteiger partial charge in [-0.1, -0.05) is 0 Å². The molecule has 4 heteroatoms. The zero-order valence-corrected chi connectivity index (χ0v) is 8.20. The van der Waals surface area contributed by atoms with Crippen LogP contribution >= 0.6 is 0 Å². The molecule has 14 heavy (non-hydrogen) atoms. The van der Waals surface area contributed by atoms with Crippen molar-refractivity contribution in [1.82, 2.24) is 5.32 Å². The van der Waals surface area contributed by atoms with Crippen LogP contribution < -0.4 is 5.32 Å². The van der Waals surface area contributed by atoms with E-state index in [4.69, 9.17) is 10.2 Å². The second kappa shape index (κ2) is 3.51. The summed E-state index contributed by atoms with van der Waals surface area (Å²) < 4.78 is 0. The van der Waals surface area contributed by atoms with E-state index < -0.39 is 5.97 Å². The molecule has 80 valence electrons. The molecule has 0 saturated heterocycles. The van der Waals surface area contributed by atoms with Crippen molar-refractivity contribution in [3.8, 4) is 0 Å². The van der Waals surface area contributed by atoms with Crippen LogP contribution in [0.15, 0.2) is 0 Å². The Morgan fingerprint density at radius 3 is 2.50 bits per heavy atom. The van der Waals surface area contributed by atoms with Crippen LogP contribution in [0.25, 0.3) is 0 Å². The molecule has 0 radical (unpaired) electrons. The van der Waals surface area contributed by atoms with Gasteiger partial charge in [-0.25, -0.2) is 0 Å². The van der Waals surface area contributed by atoms with Crippen LogP contribution in [0.2, 0.25) is 0 Å². The second-order valence-electron chi connectivity index (χ2n) is 4.67. The van der Waals surface area contributed by atoms with Crippen molar-refractivity contribution in [2.45, 2.75) is 31.7 Å². The largest absolute Gasteiger partial charge is 0.481 e. The molecule has 3 N–H and O–H groups in total. The molecule has 2 aliphatic carbocycles. The minimum Gasteiger partial charge on any atom is -0.481 e. The van der Waals surface area contributed by atoms with Crippen LogP contribution in [0.3, 0.4) is 0 Å². The summed E-state index contributed by atoms with van der Waals surface area (Å²) in [7, 11) is 0. The SMILES string of the molecule is O=C(O)C1CCC1NCC1(CO)CC1. The molecular formula is C10H17NO3. The number of hydrogen-bond donors (Lipinski definition) is 3. The Hall–Kier alpha value is -0.610. The summed E-state index contributed by atoms with van der Waals surface area (Å²) in [6, 6.07) is 0.136. The minimum atomic E-state index is -0.692. The third kappa shape index (κ3) is 1.77. The van der Waals surface area contributed by atoms with Gasteiger partial charge in [0.05, 0.1) is 5.92 Å². The normalized spacial score (nSPS) is 33.5. The fourth-order valence-electron chi connectivity index (χ4n) is 1.96. The van der Waals surface area contributed by atoms with Gasteiger partial charge >= 0.3 is 5.97 Å². The van der Waals surface area contributed by atoms with Gasteiger partial charge in [-0.15, -0.1) is 0 Å². The van der Waals surface area contributed by atoms with Crippen LogP contribution in [0.1, 0.15) is 25.7 Å². The van der Waals surface area contributed by atoms with Gasteiger partial charge < -0.3 is 15.5 Å². The van der Waals surface area contributed by atoms with E-state index in [1.165, 1.54) is 0 Å². The van der Waals surface area contributed by atoms with Crippen molar-refractivity contribution >= 4 is 5.97 Å². The van der Waals surface area contributed by atoms with Crippen molar-refractivity contribution in [3.05, 3.63) is 0 Å². The Morgan fingerprint density at radius 1 is 1.43 bits per heavy atom. The first-order valence-corrected chi connectivity index (χ1v) is 5.24. The smallest absolute Gasteiger partial charge is 0.308 e. The Morgan fingerprint density at radius 2 is 2.14 bits per heavy atom. The van der Waals surface area contributed by atoms with Gasteiger partial charge in [0, 0.05) is 24.6 Å². The monoisotopic (exact) mass is 199 g/mol. The number of aliphatic carboxylic acids is 1. The Balaban J connectivity index is 1.73. The van der Waals surface area contributed by atoms with Crippen LogP contribution in [0.5, 0.6) is 0 Å². The number of rotatable bonds is 5. The molecule has 2 saturated carbocycles. The summed E-state index contributed by atoms with van der Waals surface area (Å²) in [5.74, 6) is -0.896. The van der Waals surface area contributed by atoms with Gasteiger partial charge in [-0.3, -0.25) is 4.79 Å². The van der Waals surface area contributed by atoms with Crippen molar-refractivity contribution in [2.75, 3.05) is 13.2 Å². The van der Waals surface area contributed by atoms with Gasteiger partial charge in [-0.05, 0) is 25.7 Å². The van der Waals surface area contributed by atoms with E-state index in [0.717, 1.165) is 32.2 Å². The van der Waals surface area contributed by atoms with Crippen molar-refractivity contribution < 1.29 is 15.0 Å². The van der Waals surface area contributed by atoms with E-state index in [-0.39, 0.29) is 24.0 Å². The number of carboxylic acid groups (broad SMARTS) is 1. The predicted molar refractivity (Wildman–Crippen MR) is 50.9 cm³/mol. The Labute approximate surface area is 83.3 Å². The molecule has 0 heterocycles. The summed E-state index contributed by atoms with van der Waals surface area (Å²) in [5, 5.41) is 21.2. The number of aliphatic hydroxyl groups excluding tert-OH is 1. The number of aliphatic hydroxyl groups is 1. The molecule has 0 amide bonds. The van der Waals surface area contributed by atoms with Crippen molar-refractivity contribution in [3.63, 3.8) is 0 Å². The third-order valence-electron chi connectivity index (χ3n) is 3.62. The Bertz CT molecular complexity index is 238. The van der Waals surface area contributed by atoms with Gasteiger partial charge in [0.1, 0.15) is 0 Å². The number of carboxylic acids is 1. The molecule has 2 aliphatic rings. The first kappa shape index (κ1) is 9.93. The highest BCUT2D eigenvalue weighted by Gasteiger charge is 2.44. The van der Waals surface area contributed by atoms with Gasteiger partial charge in [-0.2, -0.15) is 0 Å². The highest BCUT2D eigenvalue weighted by molar-refractivity contribution is 5.72. The summed E-state index contributed by atoms with van der Waals surface area (Å²) in [6.45, 7) is 1.00. The standard InChI is InChI=1S/C10H17NO3/c12-6-10(3-4-10)5-11-8-2-1-7(8)9(13)14/h7-8,11-12H,1-6H2,(H,13,14). The van der Waals surface area contributed by atoms with E-state index in [0.29, 0.717) is 0 Å². The maximum atomic E-state index is 10.7. The second-order valence-corrected chi connectivity index (χ2v) is 4.67. The van der Waals surface area contributed by atoms with E-state index in [9.17, 15) is 4.79 Å². The zero-order valence-electron chi connectivity index (χ0n) is 8.20. The molecule has 0 bridgehead atoms. The molecule has 0 aliphatic heterocycles. The molecular weight excluding hydrogens is 182 g/mol. The molecule has 0 aromatic rings. The summed E-state index contributed by atoms with van der Waals surface area (Å²) in [5.41, 5.74) is 0.0820. The number of nitrogens with one attached hydrogen (secondary N) is 1. The van der Waals surface area contributed by atoms with Crippen LogP contribution in [0.4, 0.5) is 0 Å². The van der Waals surface area contributed by atoms with Gasteiger partial charge in [0.25, 0.3) is 0 Å². The third-order valence-corrected chi connectivity index (χ3v) is 3.62. The lowest BCUT2D eigenvalue weighted by Crippen LogP contribution is -2.49. The average Bonchev–Trinajstić information content (AvgIpc) is 2.82. The zero-order chi connectivity index (χ0) is 10.2. The molecule has 0 spiro atoms. The number of hydrogen-bond acceptors (Lipinski definition) is 3. The molecule has 2 fully saturated rings. The fourth-order valence-corrected chi connectivity index (χ4v) is 1.96. The highest BCUT2D eigenvalue weighted by atomic mass is 16.4. The lowest BCUT2D eigenvalue weighted by atomic mass is 9.79. The first-order chi connectivity index (χ1) is 6.67. The van der Waals surface area contributed by atoms with Crippen LogP contribution in [0, 0.1) is 11.3 Å². The van der Waals surface area contributed by atoms with Crippen molar-refractivity contribution in [2.24, 2.45) is 11.3 Å². The molecule has 2 atom stereocenters. The maximum Gasteiger partial charge on any atom is 0.308 e. The molecule has 2 rings (SSSR count). The van der Waals surface area contributed by atoms with E-state index in [1.54, 1.807) is 0 Å². The maximum absolute atomic E-state index is 10.7. The number of carbonyl (C=O) groups is 1. The lowest BCUT2D eigenvalue weighted by Gasteiger charge is -2.35. The molecule has 0 aromatic heterocycles. The fraction of sp³-hybridized carbons (Fsp3) is 0.900. The van der Waals surface area contributed by atoms with Gasteiger partial charge in [0.15, 0.2) is 0 Å². The summed E-state index contributed by atoms with van der Waals surface area (Å²) >= 11 is 0. The summed E-state index contributed by atoms with van der Waals surface area (Å²) in [4.78, 5) is 10.7. The average molecular weight is 199 g/mol. The summed E-state index contributed by atoms with van der Waals surface area (Å²) in [6.07, 6.45) is 3.89. The molecule has 4 nitrogen and oxygen atoms in total. The van der Waals surface area contributed by atoms with E-state index in [1.807, 2.05) is 0 Å². The van der Waals surface area contributed by atoms with Crippen molar-refractivity contribution in [1.29, 1.82) is 0 Å². The quantitative estimate of drug-likeness (QED) is 0.592. The highest BCUT2D eigenvalue weighted by Crippen LogP contribution is 2.44.